The van der Waals surface area contributed by atoms with Crippen LogP contribution in [0.15, 0.2) is 70.3 Å². The molecule has 4 N–H and O–H groups in total. The number of amides is 2. The summed E-state index contributed by atoms with van der Waals surface area (Å²) in [7, 11) is 3.94. The number of carbonyl (C=O) groups is 1. The number of benzene rings is 2. The van der Waals surface area contributed by atoms with Gasteiger partial charge in [0.1, 0.15) is 12.5 Å². The molecule has 8 heteroatoms. The number of rotatable bonds is 4. The summed E-state index contributed by atoms with van der Waals surface area (Å²) >= 11 is 0. The fourth-order valence-electron chi connectivity index (χ4n) is 3.06. The molecule has 0 saturated carbocycles. The van der Waals surface area contributed by atoms with Gasteiger partial charge in [0.15, 0.2) is 0 Å². The van der Waals surface area contributed by atoms with Gasteiger partial charge in [0.05, 0.1) is 11.8 Å². The van der Waals surface area contributed by atoms with Crippen molar-refractivity contribution in [2.75, 3.05) is 34.5 Å². The molecule has 0 spiro atoms. The molecule has 2 heterocycles. The smallest absolute Gasteiger partial charge is 0.323 e. The van der Waals surface area contributed by atoms with E-state index in [1.165, 1.54) is 0 Å². The molecule has 148 valence electrons. The zero-order valence-electron chi connectivity index (χ0n) is 16.2. The van der Waals surface area contributed by atoms with Crippen molar-refractivity contribution in [3.8, 4) is 0 Å². The van der Waals surface area contributed by atoms with E-state index in [-0.39, 0.29) is 12.2 Å². The van der Waals surface area contributed by atoms with Crippen molar-refractivity contribution in [2.24, 2.45) is 10.7 Å². The van der Waals surface area contributed by atoms with E-state index >= 15 is 0 Å². The number of hydrogen-bond donors (Lipinski definition) is 3. The van der Waals surface area contributed by atoms with Crippen LogP contribution in [0.25, 0.3) is 0 Å². The molecule has 29 heavy (non-hydrogen) atoms. The summed E-state index contributed by atoms with van der Waals surface area (Å²) in [6.45, 7) is 0. The normalized spacial score (nSPS) is 15.0. The minimum absolute atomic E-state index is 0.311. The monoisotopic (exact) mass is 390 g/mol. The fourth-order valence-corrected chi connectivity index (χ4v) is 3.06. The maximum atomic E-state index is 12.3. The van der Waals surface area contributed by atoms with Gasteiger partial charge in [-0.05, 0) is 54.6 Å². The van der Waals surface area contributed by atoms with E-state index in [2.05, 4.69) is 15.6 Å². The number of urea groups is 1. The van der Waals surface area contributed by atoms with Gasteiger partial charge in [-0.1, -0.05) is 0 Å². The highest BCUT2D eigenvalue weighted by molar-refractivity contribution is 6.00. The van der Waals surface area contributed by atoms with E-state index in [1.54, 1.807) is 12.6 Å². The van der Waals surface area contributed by atoms with Gasteiger partial charge in [-0.25, -0.2) is 9.79 Å². The third-order valence-electron chi connectivity index (χ3n) is 4.66. The van der Waals surface area contributed by atoms with Gasteiger partial charge in [0.2, 0.25) is 5.88 Å². The average molecular weight is 390 g/mol. The Labute approximate surface area is 168 Å². The second kappa shape index (κ2) is 7.69. The summed E-state index contributed by atoms with van der Waals surface area (Å²) in [6.07, 6.45) is 2.84. The molecule has 1 aliphatic heterocycles. The van der Waals surface area contributed by atoms with Crippen LogP contribution in [0.5, 0.6) is 0 Å². The first-order valence-electron chi connectivity index (χ1n) is 9.12. The highest BCUT2D eigenvalue weighted by Crippen LogP contribution is 2.33. The van der Waals surface area contributed by atoms with Gasteiger partial charge in [-0.3, -0.25) is 0 Å². The van der Waals surface area contributed by atoms with Crippen molar-refractivity contribution >= 4 is 41.0 Å². The van der Waals surface area contributed by atoms with Crippen molar-refractivity contribution in [2.45, 2.75) is 6.17 Å². The van der Waals surface area contributed by atoms with Gasteiger partial charge in [0.25, 0.3) is 0 Å². The number of nitrogens with two attached hydrogens (primary N) is 1. The predicted molar refractivity (Wildman–Crippen MR) is 116 cm³/mol. The van der Waals surface area contributed by atoms with Crippen LogP contribution in [-0.4, -0.2) is 26.5 Å². The second-order valence-electron chi connectivity index (χ2n) is 6.85. The quantitative estimate of drug-likeness (QED) is 0.622. The van der Waals surface area contributed by atoms with Crippen LogP contribution in [0.2, 0.25) is 0 Å². The van der Waals surface area contributed by atoms with Crippen LogP contribution < -0.4 is 26.2 Å². The van der Waals surface area contributed by atoms with Gasteiger partial charge in [-0.2, -0.15) is 0 Å². The minimum Gasteiger partial charge on any atom is -0.446 e. The molecule has 0 saturated heterocycles. The van der Waals surface area contributed by atoms with E-state index in [0.29, 0.717) is 11.6 Å². The Morgan fingerprint density at radius 2 is 1.66 bits per heavy atom. The highest BCUT2D eigenvalue weighted by Gasteiger charge is 2.24. The lowest BCUT2D eigenvalue weighted by atomic mass is 10.2. The lowest BCUT2D eigenvalue weighted by Gasteiger charge is -2.29. The topological polar surface area (TPSA) is 99.1 Å². The molecule has 2 amide bonds. The first-order chi connectivity index (χ1) is 14.0. The Kier molecular flexibility index (Phi) is 4.92. The molecule has 0 radical (unpaired) electrons. The third-order valence-corrected chi connectivity index (χ3v) is 4.66. The fraction of sp³-hybridized carbons (Fsp3) is 0.143. The molecule has 0 bridgehead atoms. The molecular formula is C21H22N6O2. The first-order valence-corrected chi connectivity index (χ1v) is 9.12. The zero-order valence-corrected chi connectivity index (χ0v) is 16.2. The molecule has 1 atom stereocenters. The third kappa shape index (κ3) is 3.92. The number of furan rings is 1. The summed E-state index contributed by atoms with van der Waals surface area (Å²) in [5, 5.41) is 5.64. The van der Waals surface area contributed by atoms with E-state index < -0.39 is 0 Å². The molecule has 4 rings (SSSR count). The number of fused-ring (bicyclic) bond motifs is 1. The van der Waals surface area contributed by atoms with E-state index in [1.807, 2.05) is 78.5 Å². The SMILES string of the molecule is CN(C)c1ccc(NC(=O)Nc2ccc(N3C=Nc4occc4C3N)cc2)cc1. The Morgan fingerprint density at radius 1 is 1.03 bits per heavy atom. The Bertz CT molecular complexity index is 1020. The highest BCUT2D eigenvalue weighted by atomic mass is 16.3. The Balaban J connectivity index is 1.39. The number of nitrogens with zero attached hydrogens (tertiary/aromatic N) is 3. The first kappa shape index (κ1) is 18.6. The lowest BCUT2D eigenvalue weighted by Crippen LogP contribution is -2.35. The summed E-state index contributed by atoms with van der Waals surface area (Å²) < 4.78 is 5.28. The molecule has 1 unspecified atom stereocenters. The molecule has 8 nitrogen and oxygen atoms in total. The van der Waals surface area contributed by atoms with Crippen LogP contribution in [0, 0.1) is 0 Å². The van der Waals surface area contributed by atoms with Crippen LogP contribution in [0.3, 0.4) is 0 Å². The summed E-state index contributed by atoms with van der Waals surface area (Å²) in [6, 6.07) is 16.5. The summed E-state index contributed by atoms with van der Waals surface area (Å²) in [5.41, 5.74) is 10.4. The van der Waals surface area contributed by atoms with Crippen molar-refractivity contribution in [1.82, 2.24) is 0 Å². The van der Waals surface area contributed by atoms with Crippen molar-refractivity contribution in [3.05, 3.63) is 66.4 Å². The molecule has 3 aromatic rings. The number of anilines is 4. The zero-order chi connectivity index (χ0) is 20.4. The molecule has 0 fully saturated rings. The molecule has 0 aliphatic carbocycles. The average Bonchev–Trinajstić information content (AvgIpc) is 3.19. The van der Waals surface area contributed by atoms with Gasteiger partial charge >= 0.3 is 6.03 Å². The maximum Gasteiger partial charge on any atom is 0.323 e. The van der Waals surface area contributed by atoms with E-state index in [4.69, 9.17) is 10.2 Å². The molecule has 1 aromatic heterocycles. The van der Waals surface area contributed by atoms with Gasteiger partial charge in [0, 0.05) is 36.8 Å². The van der Waals surface area contributed by atoms with Crippen LogP contribution in [0.4, 0.5) is 33.4 Å². The molecular weight excluding hydrogens is 368 g/mol. The molecule has 1 aliphatic rings. The number of nitrogens with one attached hydrogen (secondary N) is 2. The van der Waals surface area contributed by atoms with Crippen molar-refractivity contribution in [1.29, 1.82) is 0 Å². The summed E-state index contributed by atoms with van der Waals surface area (Å²) in [5.74, 6) is 0.530. The molecule has 2 aromatic carbocycles. The number of carbonyl (C=O) groups excluding carboxylic acids is 1. The van der Waals surface area contributed by atoms with Gasteiger partial charge < -0.3 is 30.6 Å². The largest absolute Gasteiger partial charge is 0.446 e. The van der Waals surface area contributed by atoms with E-state index in [9.17, 15) is 4.79 Å². The van der Waals surface area contributed by atoms with Crippen LogP contribution in [-0.2, 0) is 0 Å². The van der Waals surface area contributed by atoms with Crippen LogP contribution in [0.1, 0.15) is 11.7 Å². The Morgan fingerprint density at radius 3 is 2.28 bits per heavy atom. The predicted octanol–water partition coefficient (Wildman–Crippen LogP) is 4.13. The Hall–Kier alpha value is -3.78. The lowest BCUT2D eigenvalue weighted by molar-refractivity contribution is 0.262. The summed E-state index contributed by atoms with van der Waals surface area (Å²) in [4.78, 5) is 20.4. The number of hydrogen-bond acceptors (Lipinski definition) is 6. The second-order valence-corrected chi connectivity index (χ2v) is 6.85. The van der Waals surface area contributed by atoms with E-state index in [0.717, 1.165) is 22.6 Å². The maximum absolute atomic E-state index is 12.3. The number of aliphatic imine (C=N–C) groups is 1. The minimum atomic E-state index is -0.381. The van der Waals surface area contributed by atoms with Crippen LogP contribution >= 0.6 is 0 Å². The van der Waals surface area contributed by atoms with Gasteiger partial charge in [-0.15, -0.1) is 0 Å². The van der Waals surface area contributed by atoms with Crippen molar-refractivity contribution < 1.29 is 9.21 Å². The standard InChI is InChI=1S/C21H22N6O2/c1-26(2)16-7-3-14(4-8-16)24-21(28)25-15-5-9-17(10-6-15)27-13-23-20-18(19(27)22)11-12-29-20/h3-13,19H,22H2,1-2H3,(H2,24,25,28). The van der Waals surface area contributed by atoms with Crippen molar-refractivity contribution in [3.63, 3.8) is 0 Å².